The summed E-state index contributed by atoms with van der Waals surface area (Å²) in [5, 5.41) is 10.2. The number of piperidine rings is 1. The number of hydrogen-bond donors (Lipinski definition) is 2. The average Bonchev–Trinajstić information content (AvgIpc) is 2.73. The third-order valence-electron chi connectivity index (χ3n) is 3.12. The number of nitrogens with zero attached hydrogens (tertiary/aromatic N) is 3. The van der Waals surface area contributed by atoms with Crippen LogP contribution >= 0.6 is 0 Å². The van der Waals surface area contributed by atoms with Gasteiger partial charge in [-0.1, -0.05) is 6.92 Å². The Hall–Kier alpha value is -1.43. The molecule has 2 N–H and O–H groups in total. The largest absolute Gasteiger partial charge is 0.347 e. The Morgan fingerprint density at radius 1 is 1.71 bits per heavy atom. The minimum absolute atomic E-state index is 0.0460. The second-order valence-electron chi connectivity index (χ2n) is 4.60. The van der Waals surface area contributed by atoms with Gasteiger partial charge in [0.15, 0.2) is 5.82 Å². The van der Waals surface area contributed by atoms with Crippen molar-refractivity contribution in [3.8, 4) is 0 Å². The van der Waals surface area contributed by atoms with Crippen LogP contribution in [0.5, 0.6) is 0 Å². The molecule has 1 fully saturated rings. The monoisotopic (exact) mass is 237 g/mol. The van der Waals surface area contributed by atoms with Crippen molar-refractivity contribution in [2.24, 2.45) is 13.0 Å². The van der Waals surface area contributed by atoms with Gasteiger partial charge in [0.25, 0.3) is 0 Å². The molecule has 0 aliphatic carbocycles. The summed E-state index contributed by atoms with van der Waals surface area (Å²) in [6, 6.07) is -0.0764. The molecule has 2 heterocycles. The molecule has 0 aromatic carbocycles. The van der Waals surface area contributed by atoms with Gasteiger partial charge in [-0.25, -0.2) is 4.98 Å². The molecule has 17 heavy (non-hydrogen) atoms. The highest BCUT2D eigenvalue weighted by Crippen LogP contribution is 2.15. The molecular formula is C11H19N5O. The highest BCUT2D eigenvalue weighted by atomic mass is 16.2. The lowest BCUT2D eigenvalue weighted by molar-refractivity contribution is -0.125. The van der Waals surface area contributed by atoms with Gasteiger partial charge in [0.05, 0.1) is 12.6 Å². The van der Waals surface area contributed by atoms with Crippen molar-refractivity contribution >= 4 is 5.91 Å². The van der Waals surface area contributed by atoms with Gasteiger partial charge in [-0.2, -0.15) is 5.10 Å². The summed E-state index contributed by atoms with van der Waals surface area (Å²) in [4.78, 5) is 16.0. The molecule has 0 spiro atoms. The highest BCUT2D eigenvalue weighted by Gasteiger charge is 2.27. The minimum atomic E-state index is -0.0764. The van der Waals surface area contributed by atoms with E-state index in [1.165, 1.54) is 0 Å². The van der Waals surface area contributed by atoms with Crippen molar-refractivity contribution in [3.05, 3.63) is 12.2 Å². The predicted molar refractivity (Wildman–Crippen MR) is 63.0 cm³/mol. The Labute approximate surface area is 101 Å². The molecule has 1 aromatic heterocycles. The van der Waals surface area contributed by atoms with Crippen LogP contribution in [0, 0.1) is 5.92 Å². The summed E-state index contributed by atoms with van der Waals surface area (Å²) in [6.45, 7) is 3.42. The van der Waals surface area contributed by atoms with E-state index in [-0.39, 0.29) is 11.9 Å². The molecule has 1 aliphatic heterocycles. The minimum Gasteiger partial charge on any atom is -0.347 e. The topological polar surface area (TPSA) is 71.8 Å². The second-order valence-corrected chi connectivity index (χ2v) is 4.60. The zero-order chi connectivity index (χ0) is 12.3. The van der Waals surface area contributed by atoms with Crippen LogP contribution in [0.15, 0.2) is 6.33 Å². The molecule has 1 aliphatic rings. The van der Waals surface area contributed by atoms with Crippen molar-refractivity contribution in [1.29, 1.82) is 0 Å². The van der Waals surface area contributed by atoms with Crippen molar-refractivity contribution < 1.29 is 4.79 Å². The first kappa shape index (κ1) is 12.0. The van der Waals surface area contributed by atoms with E-state index < -0.39 is 0 Å². The smallest absolute Gasteiger partial charge is 0.237 e. The second kappa shape index (κ2) is 5.27. The third kappa shape index (κ3) is 3.03. The number of amides is 1. The van der Waals surface area contributed by atoms with Crippen molar-refractivity contribution in [2.45, 2.75) is 32.4 Å². The first-order chi connectivity index (χ1) is 8.16. The molecule has 0 bridgehead atoms. The standard InChI is InChI=1S/C11H19N5O/c1-8-4-3-5-12-10(8)11(17)13-6-9-14-7-16(2)15-9/h7-8,10,12H,3-6H2,1-2H3,(H,13,17). The van der Waals surface area contributed by atoms with E-state index in [1.54, 1.807) is 11.0 Å². The Morgan fingerprint density at radius 2 is 2.53 bits per heavy atom. The van der Waals surface area contributed by atoms with Crippen molar-refractivity contribution in [1.82, 2.24) is 25.4 Å². The summed E-state index contributed by atoms with van der Waals surface area (Å²) in [6.07, 6.45) is 3.88. The van der Waals surface area contributed by atoms with Crippen molar-refractivity contribution in [3.63, 3.8) is 0 Å². The van der Waals surface area contributed by atoms with E-state index in [9.17, 15) is 4.79 Å². The summed E-state index contributed by atoms with van der Waals surface area (Å²) in [5.74, 6) is 1.08. The first-order valence-corrected chi connectivity index (χ1v) is 6.02. The van der Waals surface area contributed by atoms with Crippen LogP contribution in [0.4, 0.5) is 0 Å². The van der Waals surface area contributed by atoms with Crippen LogP contribution in [-0.4, -0.2) is 33.3 Å². The number of rotatable bonds is 3. The van der Waals surface area contributed by atoms with E-state index in [0.717, 1.165) is 19.4 Å². The SMILES string of the molecule is CC1CCCNC1C(=O)NCc1ncn(C)n1. The van der Waals surface area contributed by atoms with Gasteiger partial charge in [0, 0.05) is 7.05 Å². The van der Waals surface area contributed by atoms with E-state index in [2.05, 4.69) is 27.6 Å². The van der Waals surface area contributed by atoms with Crippen LogP contribution in [0.3, 0.4) is 0 Å². The number of carbonyl (C=O) groups is 1. The van der Waals surface area contributed by atoms with Gasteiger partial charge in [-0.05, 0) is 25.3 Å². The van der Waals surface area contributed by atoms with Gasteiger partial charge in [-0.3, -0.25) is 9.48 Å². The van der Waals surface area contributed by atoms with E-state index in [4.69, 9.17) is 0 Å². The molecule has 1 amide bonds. The maximum absolute atomic E-state index is 12.0. The molecule has 0 saturated carbocycles. The average molecular weight is 237 g/mol. The molecular weight excluding hydrogens is 218 g/mol. The third-order valence-corrected chi connectivity index (χ3v) is 3.12. The van der Waals surface area contributed by atoms with Crippen LogP contribution in [0.25, 0.3) is 0 Å². The number of hydrogen-bond acceptors (Lipinski definition) is 4. The van der Waals surface area contributed by atoms with E-state index >= 15 is 0 Å². The summed E-state index contributed by atoms with van der Waals surface area (Å²) in [7, 11) is 1.81. The van der Waals surface area contributed by atoms with Crippen LogP contribution in [0.2, 0.25) is 0 Å². The Bertz CT molecular complexity index is 389. The van der Waals surface area contributed by atoms with Gasteiger partial charge in [0.2, 0.25) is 5.91 Å². The van der Waals surface area contributed by atoms with Crippen LogP contribution in [0.1, 0.15) is 25.6 Å². The molecule has 1 aromatic rings. The van der Waals surface area contributed by atoms with E-state index in [0.29, 0.717) is 18.3 Å². The number of carbonyl (C=O) groups excluding carboxylic acids is 1. The normalized spacial score (nSPS) is 24.6. The molecule has 2 rings (SSSR count). The lowest BCUT2D eigenvalue weighted by atomic mass is 9.92. The lowest BCUT2D eigenvalue weighted by Crippen LogP contribution is -2.50. The summed E-state index contributed by atoms with van der Waals surface area (Å²) >= 11 is 0. The fraction of sp³-hybridized carbons (Fsp3) is 0.727. The Morgan fingerprint density at radius 3 is 3.18 bits per heavy atom. The van der Waals surface area contributed by atoms with Crippen molar-refractivity contribution in [2.75, 3.05) is 6.54 Å². The zero-order valence-corrected chi connectivity index (χ0v) is 10.3. The fourth-order valence-electron chi connectivity index (χ4n) is 2.14. The first-order valence-electron chi connectivity index (χ1n) is 6.02. The van der Waals surface area contributed by atoms with Gasteiger partial charge in [0.1, 0.15) is 6.33 Å². The molecule has 6 nitrogen and oxygen atoms in total. The number of aromatic nitrogens is 3. The molecule has 1 saturated heterocycles. The van der Waals surface area contributed by atoms with Crippen LogP contribution in [-0.2, 0) is 18.4 Å². The summed E-state index contributed by atoms with van der Waals surface area (Å²) < 4.78 is 1.63. The maximum Gasteiger partial charge on any atom is 0.237 e. The van der Waals surface area contributed by atoms with Gasteiger partial charge >= 0.3 is 0 Å². The maximum atomic E-state index is 12.0. The number of nitrogens with one attached hydrogen (secondary N) is 2. The lowest BCUT2D eigenvalue weighted by Gasteiger charge is -2.28. The molecule has 94 valence electrons. The quantitative estimate of drug-likeness (QED) is 0.765. The molecule has 0 radical (unpaired) electrons. The van der Waals surface area contributed by atoms with Crippen LogP contribution < -0.4 is 10.6 Å². The zero-order valence-electron chi connectivity index (χ0n) is 10.3. The highest BCUT2D eigenvalue weighted by molar-refractivity contribution is 5.82. The predicted octanol–water partition coefficient (Wildman–Crippen LogP) is -0.181. The Balaban J connectivity index is 1.84. The van der Waals surface area contributed by atoms with Gasteiger partial charge in [-0.15, -0.1) is 0 Å². The molecule has 6 heteroatoms. The molecule has 2 unspecified atom stereocenters. The fourth-order valence-corrected chi connectivity index (χ4v) is 2.14. The molecule has 2 atom stereocenters. The Kier molecular flexibility index (Phi) is 3.73. The summed E-state index contributed by atoms with van der Waals surface area (Å²) in [5.41, 5.74) is 0. The number of aryl methyl sites for hydroxylation is 1. The van der Waals surface area contributed by atoms with Gasteiger partial charge < -0.3 is 10.6 Å². The van der Waals surface area contributed by atoms with E-state index in [1.807, 2.05) is 7.05 Å².